The molecular weight excluding hydrogens is 506 g/mol. The lowest BCUT2D eigenvalue weighted by Gasteiger charge is -2.21. The Balaban J connectivity index is 1.74. The summed E-state index contributed by atoms with van der Waals surface area (Å²) in [6.45, 7) is -0.224. The Morgan fingerprint density at radius 2 is 1.79 bits per heavy atom. The number of nitrogens with zero attached hydrogens (tertiary/aromatic N) is 2. The number of sulfonamides is 1. The van der Waals surface area contributed by atoms with E-state index in [4.69, 9.17) is 4.74 Å². The number of carbonyl (C=O) groups excluding carboxylic acids is 1. The van der Waals surface area contributed by atoms with Crippen molar-refractivity contribution in [2.24, 2.45) is 5.10 Å². The zero-order chi connectivity index (χ0) is 23.7. The van der Waals surface area contributed by atoms with E-state index in [1.807, 2.05) is 54.6 Å². The van der Waals surface area contributed by atoms with Gasteiger partial charge in [-0.3, -0.25) is 4.79 Å². The van der Waals surface area contributed by atoms with E-state index in [-0.39, 0.29) is 18.0 Å². The molecule has 0 saturated heterocycles. The smallest absolute Gasteiger partial charge is 0.255 e. The first-order valence-electron chi connectivity index (χ1n) is 10.1. The Morgan fingerprint density at radius 1 is 1.06 bits per heavy atom. The molecule has 0 unspecified atom stereocenters. The molecule has 0 bridgehead atoms. The van der Waals surface area contributed by atoms with Crippen molar-refractivity contribution in [1.29, 1.82) is 0 Å². The first-order chi connectivity index (χ1) is 15.9. The predicted octanol–water partition coefficient (Wildman–Crippen LogP) is 3.84. The molecule has 33 heavy (non-hydrogen) atoms. The summed E-state index contributed by atoms with van der Waals surface area (Å²) in [6, 6.07) is 23.0. The summed E-state index contributed by atoms with van der Waals surface area (Å²) in [4.78, 5) is 12.6. The number of nitrogens with one attached hydrogen (secondary N) is 1. The molecule has 0 aromatic heterocycles. The van der Waals surface area contributed by atoms with E-state index in [1.165, 1.54) is 25.5 Å². The Morgan fingerprint density at radius 3 is 2.45 bits per heavy atom. The summed E-state index contributed by atoms with van der Waals surface area (Å²) in [5, 5.41) is 3.95. The van der Waals surface area contributed by atoms with Gasteiger partial charge in [0.2, 0.25) is 10.0 Å². The van der Waals surface area contributed by atoms with Crippen molar-refractivity contribution in [3.8, 4) is 5.75 Å². The maximum absolute atomic E-state index is 13.3. The molecule has 0 heterocycles. The summed E-state index contributed by atoms with van der Waals surface area (Å²) in [6.07, 6.45) is 1.96. The third kappa shape index (κ3) is 7.24. The fourth-order valence-electron chi connectivity index (χ4n) is 3.04. The first kappa shape index (κ1) is 24.6. The maximum atomic E-state index is 13.3. The van der Waals surface area contributed by atoms with Gasteiger partial charge in [0, 0.05) is 11.0 Å². The lowest BCUT2D eigenvalue weighted by atomic mass is 10.1. The van der Waals surface area contributed by atoms with Crippen LogP contribution in [0.15, 0.2) is 93.3 Å². The molecule has 0 spiro atoms. The van der Waals surface area contributed by atoms with Crippen LogP contribution in [0.5, 0.6) is 5.75 Å². The Bertz CT molecular complexity index is 1200. The highest BCUT2D eigenvalue weighted by atomic mass is 79.9. The summed E-state index contributed by atoms with van der Waals surface area (Å²) in [7, 11) is -2.41. The molecule has 0 saturated carbocycles. The van der Waals surface area contributed by atoms with E-state index in [9.17, 15) is 13.2 Å². The van der Waals surface area contributed by atoms with Gasteiger partial charge in [-0.25, -0.2) is 13.8 Å². The minimum Gasteiger partial charge on any atom is -0.497 e. The monoisotopic (exact) mass is 529 g/mol. The number of methoxy groups -OCH3 is 1. The largest absolute Gasteiger partial charge is 0.497 e. The van der Waals surface area contributed by atoms with Crippen LogP contribution in [0.3, 0.4) is 0 Å². The Hall–Kier alpha value is -3.01. The van der Waals surface area contributed by atoms with Gasteiger partial charge < -0.3 is 4.74 Å². The van der Waals surface area contributed by atoms with E-state index in [0.29, 0.717) is 12.2 Å². The lowest BCUT2D eigenvalue weighted by Crippen LogP contribution is -2.40. The molecule has 1 amide bonds. The van der Waals surface area contributed by atoms with Gasteiger partial charge in [0.15, 0.2) is 0 Å². The number of hydrogen-bond donors (Lipinski definition) is 1. The minimum atomic E-state index is -3.92. The minimum absolute atomic E-state index is 0.0850. The summed E-state index contributed by atoms with van der Waals surface area (Å²) in [5.74, 6) is 0.0100. The first-order valence-corrected chi connectivity index (χ1v) is 12.4. The standard InChI is InChI=1S/C24H24BrN3O4S/c1-32-22-10-12-23(13-11-22)33(30,31)28(15-14-19-6-3-2-4-7-19)18-24(29)27-26-17-20-8-5-9-21(25)16-20/h2-13,16-17H,14-15,18H2,1H3,(H,27,29)/b26-17-. The van der Waals surface area contributed by atoms with E-state index < -0.39 is 15.9 Å². The number of halogens is 1. The molecule has 7 nitrogen and oxygen atoms in total. The topological polar surface area (TPSA) is 88.1 Å². The van der Waals surface area contributed by atoms with Crippen LogP contribution in [0.2, 0.25) is 0 Å². The maximum Gasteiger partial charge on any atom is 0.255 e. The molecule has 1 N–H and O–H groups in total. The number of rotatable bonds is 10. The Kier molecular flexibility index (Phi) is 8.76. The quantitative estimate of drug-likeness (QED) is 0.319. The molecule has 3 aromatic carbocycles. The molecule has 3 rings (SSSR count). The van der Waals surface area contributed by atoms with Crippen molar-refractivity contribution in [1.82, 2.24) is 9.73 Å². The summed E-state index contributed by atoms with van der Waals surface area (Å²) >= 11 is 3.37. The van der Waals surface area contributed by atoms with Gasteiger partial charge in [-0.15, -0.1) is 0 Å². The molecule has 9 heteroatoms. The SMILES string of the molecule is COc1ccc(S(=O)(=O)N(CCc2ccccc2)CC(=O)N/N=C\c2cccc(Br)c2)cc1. The van der Waals surface area contributed by atoms with Crippen molar-refractivity contribution in [3.63, 3.8) is 0 Å². The van der Waals surface area contributed by atoms with Crippen LogP contribution < -0.4 is 10.2 Å². The molecule has 0 aliphatic carbocycles. The number of carbonyl (C=O) groups is 1. The Labute approximate surface area is 202 Å². The van der Waals surface area contributed by atoms with Crippen LogP contribution in [0.4, 0.5) is 0 Å². The second kappa shape index (κ2) is 11.7. The normalized spacial score (nSPS) is 11.6. The van der Waals surface area contributed by atoms with Crippen molar-refractivity contribution in [3.05, 3.63) is 94.5 Å². The van der Waals surface area contributed by atoms with Crippen molar-refractivity contribution < 1.29 is 17.9 Å². The van der Waals surface area contributed by atoms with Crippen LogP contribution in [-0.2, 0) is 21.2 Å². The van der Waals surface area contributed by atoms with Gasteiger partial charge in [-0.2, -0.15) is 9.41 Å². The van der Waals surface area contributed by atoms with E-state index in [2.05, 4.69) is 26.5 Å². The molecule has 0 aliphatic rings. The molecule has 0 fully saturated rings. The van der Waals surface area contributed by atoms with Crippen LogP contribution >= 0.6 is 15.9 Å². The van der Waals surface area contributed by atoms with E-state index >= 15 is 0 Å². The van der Waals surface area contributed by atoms with Gasteiger partial charge in [0.1, 0.15) is 5.75 Å². The predicted molar refractivity (Wildman–Crippen MR) is 132 cm³/mol. The van der Waals surface area contributed by atoms with Gasteiger partial charge in [-0.05, 0) is 53.9 Å². The van der Waals surface area contributed by atoms with Crippen molar-refractivity contribution in [2.45, 2.75) is 11.3 Å². The average Bonchev–Trinajstić information content (AvgIpc) is 2.82. The van der Waals surface area contributed by atoms with Gasteiger partial charge in [0.25, 0.3) is 5.91 Å². The van der Waals surface area contributed by atoms with Crippen molar-refractivity contribution in [2.75, 3.05) is 20.2 Å². The summed E-state index contributed by atoms with van der Waals surface area (Å²) in [5.41, 5.74) is 4.17. The van der Waals surface area contributed by atoms with Gasteiger partial charge in [-0.1, -0.05) is 58.4 Å². The number of amides is 1. The molecule has 0 radical (unpaired) electrons. The van der Waals surface area contributed by atoms with Crippen LogP contribution in [0.1, 0.15) is 11.1 Å². The second-order valence-corrected chi connectivity index (χ2v) is 9.95. The summed E-state index contributed by atoms with van der Waals surface area (Å²) < 4.78 is 33.7. The fraction of sp³-hybridized carbons (Fsp3) is 0.167. The van der Waals surface area contributed by atoms with Gasteiger partial charge >= 0.3 is 0 Å². The average molecular weight is 530 g/mol. The third-order valence-corrected chi connectivity index (χ3v) is 7.11. The highest BCUT2D eigenvalue weighted by Crippen LogP contribution is 2.20. The zero-order valence-corrected chi connectivity index (χ0v) is 20.4. The van der Waals surface area contributed by atoms with Gasteiger partial charge in [0.05, 0.1) is 24.8 Å². The molecule has 0 atom stereocenters. The van der Waals surface area contributed by atoms with Crippen LogP contribution in [0.25, 0.3) is 0 Å². The van der Waals surface area contributed by atoms with Crippen molar-refractivity contribution >= 4 is 38.1 Å². The molecule has 3 aromatic rings. The number of hydrogen-bond acceptors (Lipinski definition) is 5. The number of benzene rings is 3. The molecular formula is C24H24BrN3O4S. The van der Waals surface area contributed by atoms with E-state index in [0.717, 1.165) is 19.9 Å². The van der Waals surface area contributed by atoms with Crippen LogP contribution in [0, 0.1) is 0 Å². The molecule has 0 aliphatic heterocycles. The highest BCUT2D eigenvalue weighted by Gasteiger charge is 2.26. The highest BCUT2D eigenvalue weighted by molar-refractivity contribution is 9.10. The second-order valence-electron chi connectivity index (χ2n) is 7.10. The lowest BCUT2D eigenvalue weighted by molar-refractivity contribution is -0.121. The zero-order valence-electron chi connectivity index (χ0n) is 18.0. The third-order valence-electron chi connectivity index (χ3n) is 4.76. The fourth-order valence-corrected chi connectivity index (χ4v) is 4.85. The number of hydrazone groups is 1. The van der Waals surface area contributed by atoms with E-state index in [1.54, 1.807) is 12.1 Å². The molecule has 172 valence electrons. The number of ether oxygens (including phenoxy) is 1. The van der Waals surface area contributed by atoms with Crippen LogP contribution in [-0.4, -0.2) is 45.0 Å².